The molecule has 1 N–H and O–H groups in total. The van der Waals surface area contributed by atoms with Gasteiger partial charge in [0.15, 0.2) is 5.82 Å². The fourth-order valence-corrected chi connectivity index (χ4v) is 2.84. The summed E-state index contributed by atoms with van der Waals surface area (Å²) in [5.74, 6) is 1.11. The smallest absolute Gasteiger partial charge is 0.230 e. The van der Waals surface area contributed by atoms with Gasteiger partial charge in [-0.25, -0.2) is 19.9 Å². The molecule has 138 valence electrons. The summed E-state index contributed by atoms with van der Waals surface area (Å²) in [6.45, 7) is 0.828. The van der Waals surface area contributed by atoms with E-state index in [1.54, 1.807) is 18.3 Å². The third-order valence-corrected chi connectivity index (χ3v) is 4.39. The lowest BCUT2D eigenvalue weighted by atomic mass is 10.2. The topological polar surface area (TPSA) is 93.9 Å². The number of nitrogens with one attached hydrogen (secondary N) is 1. The molecule has 0 saturated carbocycles. The summed E-state index contributed by atoms with van der Waals surface area (Å²) in [6, 6.07) is 9.33. The summed E-state index contributed by atoms with van der Waals surface area (Å²) in [5.41, 5.74) is 3.59. The highest BCUT2D eigenvalue weighted by atomic mass is 15.2. The first-order chi connectivity index (χ1) is 13.6. The van der Waals surface area contributed by atoms with Gasteiger partial charge in [-0.15, -0.1) is 0 Å². The van der Waals surface area contributed by atoms with Crippen LogP contribution < -0.4 is 10.2 Å². The largest absolute Gasteiger partial charge is 0.377 e. The van der Waals surface area contributed by atoms with Crippen LogP contribution in [-0.2, 0) is 0 Å². The molecule has 1 aliphatic rings. The van der Waals surface area contributed by atoms with Gasteiger partial charge in [0, 0.05) is 38.2 Å². The zero-order valence-electron chi connectivity index (χ0n) is 15.5. The molecular weight excluding hydrogens is 352 g/mol. The Morgan fingerprint density at radius 3 is 2.93 bits per heavy atom. The highest BCUT2D eigenvalue weighted by molar-refractivity contribution is 5.87. The Hall–Kier alpha value is -3.99. The Morgan fingerprint density at radius 1 is 1.25 bits per heavy atom. The van der Waals surface area contributed by atoms with E-state index in [9.17, 15) is 0 Å². The van der Waals surface area contributed by atoms with Crippen molar-refractivity contribution in [2.75, 3.05) is 30.9 Å². The van der Waals surface area contributed by atoms with Crippen LogP contribution in [0.2, 0.25) is 0 Å². The zero-order chi connectivity index (χ0) is 19.5. The maximum atomic E-state index is 9.09. The van der Waals surface area contributed by atoms with Crippen molar-refractivity contribution in [1.29, 1.82) is 5.26 Å². The number of anilines is 3. The zero-order valence-corrected chi connectivity index (χ0v) is 15.5. The van der Waals surface area contributed by atoms with Crippen LogP contribution in [-0.4, -0.2) is 45.5 Å². The van der Waals surface area contributed by atoms with Gasteiger partial charge < -0.3 is 15.1 Å². The van der Waals surface area contributed by atoms with E-state index in [-0.39, 0.29) is 0 Å². The Kier molecular flexibility index (Phi) is 4.56. The number of allylic oxidation sites excluding steroid dienone is 1. The van der Waals surface area contributed by atoms with Crippen molar-refractivity contribution in [3.63, 3.8) is 0 Å². The van der Waals surface area contributed by atoms with Crippen molar-refractivity contribution in [3.8, 4) is 6.07 Å². The number of hydrogen-bond acceptors (Lipinski definition) is 8. The Balaban J connectivity index is 1.69. The van der Waals surface area contributed by atoms with Gasteiger partial charge in [-0.1, -0.05) is 6.07 Å². The van der Waals surface area contributed by atoms with Crippen molar-refractivity contribution in [2.45, 2.75) is 0 Å². The molecule has 0 saturated heterocycles. The van der Waals surface area contributed by atoms with Gasteiger partial charge in [0.25, 0.3) is 0 Å². The van der Waals surface area contributed by atoms with E-state index in [0.717, 1.165) is 17.9 Å². The molecule has 0 amide bonds. The second-order valence-electron chi connectivity index (χ2n) is 6.39. The van der Waals surface area contributed by atoms with E-state index >= 15 is 0 Å². The lowest BCUT2D eigenvalue weighted by Crippen LogP contribution is -2.23. The maximum Gasteiger partial charge on any atom is 0.230 e. The number of aromatic nitrogens is 4. The Labute approximate surface area is 162 Å². The van der Waals surface area contributed by atoms with Gasteiger partial charge in [-0.2, -0.15) is 5.26 Å². The predicted molar refractivity (Wildman–Crippen MR) is 108 cm³/mol. The van der Waals surface area contributed by atoms with E-state index in [1.807, 2.05) is 43.4 Å². The summed E-state index contributed by atoms with van der Waals surface area (Å²) in [6.07, 6.45) is 9.30. The molecule has 8 nitrogen and oxygen atoms in total. The summed E-state index contributed by atoms with van der Waals surface area (Å²) in [5, 5.41) is 12.3. The SMILES string of the molecule is CN1C=CC(N(C)c2ncc3ncnc(Nc4cccc(C#N)c4)c3n2)=CC1. The molecule has 3 heterocycles. The first kappa shape index (κ1) is 17.4. The molecule has 1 aliphatic heterocycles. The molecule has 4 rings (SSSR count). The van der Waals surface area contributed by atoms with Crippen molar-refractivity contribution in [2.24, 2.45) is 0 Å². The van der Waals surface area contributed by atoms with Crippen molar-refractivity contribution in [3.05, 3.63) is 66.4 Å². The monoisotopic (exact) mass is 370 g/mol. The van der Waals surface area contributed by atoms with Crippen molar-refractivity contribution in [1.82, 2.24) is 24.8 Å². The van der Waals surface area contributed by atoms with Gasteiger partial charge in [0.1, 0.15) is 17.4 Å². The van der Waals surface area contributed by atoms with E-state index < -0.39 is 0 Å². The predicted octanol–water partition coefficient (Wildman–Crippen LogP) is 2.81. The van der Waals surface area contributed by atoms with Gasteiger partial charge in [0.2, 0.25) is 5.95 Å². The minimum Gasteiger partial charge on any atom is -0.377 e. The van der Waals surface area contributed by atoms with Crippen molar-refractivity contribution >= 4 is 28.5 Å². The lowest BCUT2D eigenvalue weighted by Gasteiger charge is -2.23. The third-order valence-electron chi connectivity index (χ3n) is 4.39. The molecule has 0 radical (unpaired) electrons. The number of rotatable bonds is 4. The van der Waals surface area contributed by atoms with E-state index in [0.29, 0.717) is 28.4 Å². The molecule has 0 unspecified atom stereocenters. The number of nitrogens with zero attached hydrogens (tertiary/aromatic N) is 7. The first-order valence-electron chi connectivity index (χ1n) is 8.71. The van der Waals surface area contributed by atoms with Crippen LogP contribution in [0, 0.1) is 11.3 Å². The van der Waals surface area contributed by atoms with E-state index in [1.165, 1.54) is 6.33 Å². The van der Waals surface area contributed by atoms with Crippen LogP contribution in [0.4, 0.5) is 17.5 Å². The quantitative estimate of drug-likeness (QED) is 0.749. The average molecular weight is 370 g/mol. The molecular formula is C20H18N8. The number of hydrogen-bond donors (Lipinski definition) is 1. The van der Waals surface area contributed by atoms with Crippen LogP contribution in [0.3, 0.4) is 0 Å². The maximum absolute atomic E-state index is 9.09. The molecule has 8 heteroatoms. The average Bonchev–Trinajstić information content (AvgIpc) is 2.74. The van der Waals surface area contributed by atoms with Crippen LogP contribution in [0.25, 0.3) is 11.0 Å². The fourth-order valence-electron chi connectivity index (χ4n) is 2.84. The molecule has 0 atom stereocenters. The summed E-state index contributed by atoms with van der Waals surface area (Å²) >= 11 is 0. The van der Waals surface area contributed by atoms with Gasteiger partial charge in [-0.05, 0) is 30.4 Å². The molecule has 0 spiro atoms. The highest BCUT2D eigenvalue weighted by Crippen LogP contribution is 2.24. The van der Waals surface area contributed by atoms with Gasteiger partial charge in [0.05, 0.1) is 17.8 Å². The molecule has 2 aromatic heterocycles. The normalized spacial score (nSPS) is 13.2. The number of benzene rings is 1. The number of fused-ring (bicyclic) bond motifs is 1. The number of likely N-dealkylation sites (N-methyl/N-ethyl adjacent to an activating group) is 2. The highest BCUT2D eigenvalue weighted by Gasteiger charge is 2.14. The molecule has 28 heavy (non-hydrogen) atoms. The van der Waals surface area contributed by atoms with E-state index in [2.05, 4.69) is 42.3 Å². The van der Waals surface area contributed by atoms with Crippen LogP contribution in [0.1, 0.15) is 5.56 Å². The van der Waals surface area contributed by atoms with Crippen LogP contribution in [0.15, 0.2) is 60.8 Å². The van der Waals surface area contributed by atoms with Crippen LogP contribution in [0.5, 0.6) is 0 Å². The van der Waals surface area contributed by atoms with E-state index in [4.69, 9.17) is 5.26 Å². The number of nitriles is 1. The molecule has 3 aromatic rings. The molecule has 0 fully saturated rings. The lowest BCUT2D eigenvalue weighted by molar-refractivity contribution is 0.501. The summed E-state index contributed by atoms with van der Waals surface area (Å²) in [4.78, 5) is 21.7. The summed E-state index contributed by atoms with van der Waals surface area (Å²) < 4.78 is 0. The standard InChI is InChI=1S/C20H18N8/c1-27-8-6-16(7-9-27)28(2)20-22-12-17-18(26-20)19(24-13-23-17)25-15-5-3-4-14(10-15)11-21/h3-8,10,12-13H,9H2,1-2H3,(H,23,24,25). The molecule has 1 aromatic carbocycles. The second-order valence-corrected chi connectivity index (χ2v) is 6.39. The van der Waals surface area contributed by atoms with Crippen LogP contribution >= 0.6 is 0 Å². The summed E-state index contributed by atoms with van der Waals surface area (Å²) in [7, 11) is 3.95. The van der Waals surface area contributed by atoms with Gasteiger partial charge in [-0.3, -0.25) is 0 Å². The minimum absolute atomic E-state index is 0.552. The first-order valence-corrected chi connectivity index (χ1v) is 8.71. The Morgan fingerprint density at radius 2 is 2.14 bits per heavy atom. The third kappa shape index (κ3) is 3.46. The fraction of sp³-hybridized carbons (Fsp3) is 0.150. The minimum atomic E-state index is 0.552. The Bertz CT molecular complexity index is 1130. The van der Waals surface area contributed by atoms with Gasteiger partial charge >= 0.3 is 0 Å². The molecule has 0 bridgehead atoms. The molecule has 0 aliphatic carbocycles. The van der Waals surface area contributed by atoms with Crippen molar-refractivity contribution < 1.29 is 0 Å². The second kappa shape index (κ2) is 7.32.